The molecule has 0 atom stereocenters. The number of pyridine rings is 2. The standard InChI is InChI=1S/C37H45FN6O4/c1-26-23-29(38)15-14-28(26)24-41-35(45)32-33(47-25-27-11-6-5-7-12-27)31-30(13-10-17-39-31)34(42-32)44-21-19-43(20-22-44)18-9-8-16-40-36(46)48-37(2,3)4/h5-7,10-15,17,23H,8-9,16,18-22,24-25H2,1-4H3,(H,40,46)(H,41,45). The van der Waals surface area contributed by atoms with Crippen LogP contribution in [-0.4, -0.2) is 71.7 Å². The minimum atomic E-state index is -0.511. The van der Waals surface area contributed by atoms with Crippen molar-refractivity contribution in [3.63, 3.8) is 0 Å². The molecular formula is C37H45FN6O4. The van der Waals surface area contributed by atoms with Gasteiger partial charge in [-0.25, -0.2) is 14.2 Å². The summed E-state index contributed by atoms with van der Waals surface area (Å²) in [6.45, 7) is 12.4. The van der Waals surface area contributed by atoms with Gasteiger partial charge in [-0.15, -0.1) is 0 Å². The van der Waals surface area contributed by atoms with Crippen LogP contribution in [0.1, 0.15) is 60.8 Å². The maximum Gasteiger partial charge on any atom is 0.407 e. The predicted molar refractivity (Wildman–Crippen MR) is 185 cm³/mol. The number of benzene rings is 2. The number of unbranched alkanes of at least 4 members (excludes halogenated alkanes) is 1. The first-order valence-corrected chi connectivity index (χ1v) is 16.5. The SMILES string of the molecule is Cc1cc(F)ccc1CNC(=O)c1nc(N2CCN(CCCCNC(=O)OC(C)(C)C)CC2)c2cccnc2c1OCc1ccccc1. The Morgan fingerprint density at radius 2 is 1.73 bits per heavy atom. The Labute approximate surface area is 281 Å². The molecule has 1 aliphatic heterocycles. The summed E-state index contributed by atoms with van der Waals surface area (Å²) in [4.78, 5) is 40.0. The summed E-state index contributed by atoms with van der Waals surface area (Å²) in [7, 11) is 0. The van der Waals surface area contributed by atoms with Crippen LogP contribution in [0.25, 0.3) is 10.9 Å². The lowest BCUT2D eigenvalue weighted by Crippen LogP contribution is -2.47. The van der Waals surface area contributed by atoms with Crippen molar-refractivity contribution in [3.05, 3.63) is 95.1 Å². The Bertz CT molecular complexity index is 1700. The summed E-state index contributed by atoms with van der Waals surface area (Å²) in [5.74, 6) is 0.301. The van der Waals surface area contributed by atoms with Gasteiger partial charge in [0.15, 0.2) is 11.4 Å². The van der Waals surface area contributed by atoms with Gasteiger partial charge >= 0.3 is 6.09 Å². The van der Waals surface area contributed by atoms with Gasteiger partial charge in [-0.1, -0.05) is 36.4 Å². The van der Waals surface area contributed by atoms with Gasteiger partial charge < -0.3 is 25.0 Å². The van der Waals surface area contributed by atoms with Crippen molar-refractivity contribution in [3.8, 4) is 5.75 Å². The lowest BCUT2D eigenvalue weighted by molar-refractivity contribution is 0.0526. The Kier molecular flexibility index (Phi) is 11.4. The third-order valence-corrected chi connectivity index (χ3v) is 8.12. The van der Waals surface area contributed by atoms with Gasteiger partial charge in [0.25, 0.3) is 5.91 Å². The molecule has 1 fully saturated rings. The van der Waals surface area contributed by atoms with E-state index in [1.165, 1.54) is 12.1 Å². The van der Waals surface area contributed by atoms with Gasteiger partial charge in [0.1, 0.15) is 29.4 Å². The van der Waals surface area contributed by atoms with Crippen LogP contribution in [0, 0.1) is 12.7 Å². The van der Waals surface area contributed by atoms with Gasteiger partial charge in [-0.3, -0.25) is 14.7 Å². The van der Waals surface area contributed by atoms with E-state index in [0.29, 0.717) is 23.6 Å². The zero-order valence-corrected chi connectivity index (χ0v) is 28.2. The molecule has 2 amide bonds. The van der Waals surface area contributed by atoms with Crippen molar-refractivity contribution >= 4 is 28.7 Å². The number of aromatic nitrogens is 2. The van der Waals surface area contributed by atoms with Crippen LogP contribution in [0.15, 0.2) is 66.9 Å². The number of aryl methyl sites for hydroxylation is 1. The molecule has 11 heteroatoms. The second-order valence-corrected chi connectivity index (χ2v) is 13.0. The number of amides is 2. The zero-order chi connectivity index (χ0) is 34.1. The average Bonchev–Trinajstić information content (AvgIpc) is 3.06. The number of carbonyl (C=O) groups is 2. The van der Waals surface area contributed by atoms with Gasteiger partial charge in [-0.2, -0.15) is 0 Å². The molecule has 0 spiro atoms. The maximum absolute atomic E-state index is 13.8. The van der Waals surface area contributed by atoms with Crippen LogP contribution >= 0.6 is 0 Å². The smallest absolute Gasteiger partial charge is 0.407 e. The fraction of sp³-hybridized carbons (Fsp3) is 0.405. The number of halogens is 1. The highest BCUT2D eigenvalue weighted by Gasteiger charge is 2.26. The number of rotatable bonds is 12. The number of nitrogens with one attached hydrogen (secondary N) is 2. The molecule has 1 saturated heterocycles. The molecule has 2 aromatic heterocycles. The van der Waals surface area contributed by atoms with Crippen LogP contribution < -0.4 is 20.3 Å². The van der Waals surface area contributed by atoms with Gasteiger partial charge in [0, 0.05) is 50.9 Å². The number of fused-ring (bicyclic) bond motifs is 1. The second kappa shape index (κ2) is 15.9. The van der Waals surface area contributed by atoms with Crippen LogP contribution in [0.3, 0.4) is 0 Å². The first-order chi connectivity index (χ1) is 23.1. The second-order valence-electron chi connectivity index (χ2n) is 13.0. The summed E-state index contributed by atoms with van der Waals surface area (Å²) in [5, 5.41) is 6.61. The van der Waals surface area contributed by atoms with Crippen molar-refractivity contribution in [2.24, 2.45) is 0 Å². The van der Waals surface area contributed by atoms with E-state index in [0.717, 1.165) is 67.6 Å². The molecule has 4 aromatic rings. The number of hydrogen-bond donors (Lipinski definition) is 2. The van der Waals surface area contributed by atoms with Crippen LogP contribution in [0.2, 0.25) is 0 Å². The fourth-order valence-electron chi connectivity index (χ4n) is 5.62. The lowest BCUT2D eigenvalue weighted by Gasteiger charge is -2.36. The van der Waals surface area contributed by atoms with E-state index in [1.54, 1.807) is 12.3 Å². The van der Waals surface area contributed by atoms with Gasteiger partial charge in [-0.05, 0) is 88.0 Å². The quantitative estimate of drug-likeness (QED) is 0.179. The highest BCUT2D eigenvalue weighted by Crippen LogP contribution is 2.34. The third kappa shape index (κ3) is 9.41. The Morgan fingerprint density at radius 1 is 0.958 bits per heavy atom. The number of ether oxygens (including phenoxy) is 2. The van der Waals surface area contributed by atoms with Gasteiger partial charge in [0.05, 0.1) is 0 Å². The van der Waals surface area contributed by atoms with Gasteiger partial charge in [0.2, 0.25) is 0 Å². The minimum Gasteiger partial charge on any atom is -0.484 e. The fourth-order valence-corrected chi connectivity index (χ4v) is 5.62. The first kappa shape index (κ1) is 34.6. The Hall–Kier alpha value is -4.77. The molecule has 0 bridgehead atoms. The highest BCUT2D eigenvalue weighted by atomic mass is 19.1. The zero-order valence-electron chi connectivity index (χ0n) is 28.2. The van der Waals surface area contributed by atoms with Crippen molar-refractivity contribution < 1.29 is 23.5 Å². The van der Waals surface area contributed by atoms with Crippen molar-refractivity contribution in [2.45, 2.75) is 59.3 Å². The van der Waals surface area contributed by atoms with E-state index in [9.17, 15) is 14.0 Å². The van der Waals surface area contributed by atoms with E-state index in [-0.39, 0.29) is 30.8 Å². The minimum absolute atomic E-state index is 0.159. The van der Waals surface area contributed by atoms with Crippen molar-refractivity contribution in [2.75, 3.05) is 44.2 Å². The number of anilines is 1. The van der Waals surface area contributed by atoms with E-state index < -0.39 is 11.5 Å². The van der Waals surface area contributed by atoms with Crippen molar-refractivity contribution in [1.29, 1.82) is 0 Å². The monoisotopic (exact) mass is 656 g/mol. The molecule has 0 radical (unpaired) electrons. The highest BCUT2D eigenvalue weighted by molar-refractivity contribution is 6.04. The molecule has 48 heavy (non-hydrogen) atoms. The summed E-state index contributed by atoms with van der Waals surface area (Å²) in [6.07, 6.45) is 3.12. The number of hydrogen-bond acceptors (Lipinski definition) is 8. The molecule has 1 aliphatic rings. The van der Waals surface area contributed by atoms with Crippen molar-refractivity contribution in [1.82, 2.24) is 25.5 Å². The van der Waals surface area contributed by atoms with E-state index in [2.05, 4.69) is 25.4 Å². The number of alkyl carbamates (subject to hydrolysis) is 1. The summed E-state index contributed by atoms with van der Waals surface area (Å²) in [6, 6.07) is 18.1. The normalized spacial score (nSPS) is 13.7. The number of piperazine rings is 1. The predicted octanol–water partition coefficient (Wildman–Crippen LogP) is 6.01. The molecule has 10 nitrogen and oxygen atoms in total. The molecule has 254 valence electrons. The molecule has 0 aliphatic carbocycles. The molecule has 2 aromatic carbocycles. The third-order valence-electron chi connectivity index (χ3n) is 8.12. The van der Waals surface area contributed by atoms with E-state index in [1.807, 2.05) is 70.2 Å². The number of carbonyl (C=O) groups excluding carboxylic acids is 2. The molecule has 2 N–H and O–H groups in total. The summed E-state index contributed by atoms with van der Waals surface area (Å²) in [5.41, 5.74) is 2.74. The largest absolute Gasteiger partial charge is 0.484 e. The Morgan fingerprint density at radius 3 is 2.46 bits per heavy atom. The van der Waals surface area contributed by atoms with E-state index >= 15 is 0 Å². The first-order valence-electron chi connectivity index (χ1n) is 16.5. The van der Waals surface area contributed by atoms with Crippen LogP contribution in [0.4, 0.5) is 15.0 Å². The maximum atomic E-state index is 13.8. The summed E-state index contributed by atoms with van der Waals surface area (Å²) >= 11 is 0. The van der Waals surface area contributed by atoms with E-state index in [4.69, 9.17) is 14.5 Å². The van der Waals surface area contributed by atoms with Crippen LogP contribution in [-0.2, 0) is 17.9 Å². The number of nitrogens with zero attached hydrogens (tertiary/aromatic N) is 4. The molecule has 3 heterocycles. The lowest BCUT2D eigenvalue weighted by atomic mass is 10.1. The Balaban J connectivity index is 1.30. The average molecular weight is 657 g/mol. The molecular weight excluding hydrogens is 611 g/mol. The molecule has 0 unspecified atom stereocenters. The topological polar surface area (TPSA) is 109 Å². The summed E-state index contributed by atoms with van der Waals surface area (Å²) < 4.78 is 25.3. The molecule has 5 rings (SSSR count). The van der Waals surface area contributed by atoms with Crippen LogP contribution in [0.5, 0.6) is 5.75 Å². The molecule has 0 saturated carbocycles.